The molecule has 20 heavy (non-hydrogen) atoms. The number of methoxy groups -OCH3 is 1. The van der Waals surface area contributed by atoms with Crippen molar-refractivity contribution in [2.75, 3.05) is 20.3 Å². The van der Waals surface area contributed by atoms with E-state index in [9.17, 15) is 4.79 Å². The fraction of sp³-hybridized carbons (Fsp3) is 0.786. The molecule has 0 N–H and O–H groups in total. The fourth-order valence-electron chi connectivity index (χ4n) is 2.46. The van der Waals surface area contributed by atoms with Gasteiger partial charge in [0.1, 0.15) is 12.6 Å². The minimum absolute atomic E-state index is 0.0134. The summed E-state index contributed by atoms with van der Waals surface area (Å²) in [6, 6.07) is -0.100. The molecule has 1 fully saturated rings. The molecule has 0 aliphatic carbocycles. The van der Waals surface area contributed by atoms with Gasteiger partial charge in [-0.1, -0.05) is 19.0 Å². The first-order chi connectivity index (χ1) is 9.67. The van der Waals surface area contributed by atoms with Crippen molar-refractivity contribution in [2.24, 2.45) is 0 Å². The second-order valence-corrected chi connectivity index (χ2v) is 5.33. The van der Waals surface area contributed by atoms with Gasteiger partial charge in [0.25, 0.3) is 0 Å². The lowest BCUT2D eigenvalue weighted by atomic mass is 10.0. The molecule has 1 aliphatic heterocycles. The Kier molecular flexibility index (Phi) is 5.11. The van der Waals surface area contributed by atoms with E-state index in [0.29, 0.717) is 5.89 Å². The lowest BCUT2D eigenvalue weighted by Crippen LogP contribution is -2.40. The summed E-state index contributed by atoms with van der Waals surface area (Å²) in [5, 5.41) is 4.05. The van der Waals surface area contributed by atoms with E-state index in [2.05, 4.69) is 24.0 Å². The summed E-state index contributed by atoms with van der Waals surface area (Å²) in [5.41, 5.74) is 0. The lowest BCUT2D eigenvalue weighted by Gasteiger charge is -2.33. The van der Waals surface area contributed by atoms with Crippen LogP contribution in [-0.2, 0) is 9.53 Å². The number of ether oxygens (including phenoxy) is 1. The maximum absolute atomic E-state index is 12.1. The second kappa shape index (κ2) is 6.83. The minimum Gasteiger partial charge on any atom is -0.375 e. The predicted octanol–water partition coefficient (Wildman–Crippen LogP) is 2.28. The number of hydrogen-bond acceptors (Lipinski definition) is 5. The van der Waals surface area contributed by atoms with Gasteiger partial charge < -0.3 is 14.2 Å². The van der Waals surface area contributed by atoms with Gasteiger partial charge in [0, 0.05) is 19.6 Å². The highest BCUT2D eigenvalue weighted by Crippen LogP contribution is 2.30. The highest BCUT2D eigenvalue weighted by molar-refractivity contribution is 5.77. The van der Waals surface area contributed by atoms with Crippen molar-refractivity contribution >= 4 is 5.91 Å². The molecule has 1 aliphatic rings. The van der Waals surface area contributed by atoms with Gasteiger partial charge in [-0.25, -0.2) is 0 Å². The maximum atomic E-state index is 12.1. The number of aromatic nitrogens is 2. The quantitative estimate of drug-likeness (QED) is 0.828. The average Bonchev–Trinajstić information content (AvgIpc) is 2.96. The van der Waals surface area contributed by atoms with E-state index >= 15 is 0 Å². The first kappa shape index (κ1) is 15.0. The van der Waals surface area contributed by atoms with Crippen LogP contribution in [0.2, 0.25) is 0 Å². The normalized spacial score (nSPS) is 20.9. The summed E-state index contributed by atoms with van der Waals surface area (Å²) in [5.74, 6) is 1.55. The Bertz CT molecular complexity index is 447. The lowest BCUT2D eigenvalue weighted by molar-refractivity contribution is -0.139. The molecule has 2 atom stereocenters. The topological polar surface area (TPSA) is 68.5 Å². The molecule has 0 saturated carbocycles. The Morgan fingerprint density at radius 1 is 1.55 bits per heavy atom. The fourth-order valence-corrected chi connectivity index (χ4v) is 2.46. The van der Waals surface area contributed by atoms with Crippen LogP contribution in [0.4, 0.5) is 0 Å². The Hall–Kier alpha value is -1.43. The Morgan fingerprint density at radius 2 is 2.35 bits per heavy atom. The zero-order valence-corrected chi connectivity index (χ0v) is 12.5. The average molecular weight is 281 g/mol. The van der Waals surface area contributed by atoms with Crippen molar-refractivity contribution in [3.05, 3.63) is 11.7 Å². The van der Waals surface area contributed by atoms with Gasteiger partial charge in [0.2, 0.25) is 11.8 Å². The third kappa shape index (κ3) is 3.17. The zero-order chi connectivity index (χ0) is 14.5. The third-order valence-corrected chi connectivity index (χ3v) is 3.89. The molecule has 2 heterocycles. The van der Waals surface area contributed by atoms with Crippen molar-refractivity contribution in [1.82, 2.24) is 15.0 Å². The number of piperidine rings is 1. The molecule has 0 bridgehead atoms. The van der Waals surface area contributed by atoms with E-state index in [-0.39, 0.29) is 24.5 Å². The van der Waals surface area contributed by atoms with Crippen molar-refractivity contribution in [3.63, 3.8) is 0 Å². The molecule has 0 unspecified atom stereocenters. The van der Waals surface area contributed by atoms with Crippen LogP contribution in [0, 0.1) is 0 Å². The van der Waals surface area contributed by atoms with Crippen LogP contribution in [0.15, 0.2) is 4.52 Å². The second-order valence-electron chi connectivity index (χ2n) is 5.33. The van der Waals surface area contributed by atoms with Crippen LogP contribution in [0.25, 0.3) is 0 Å². The van der Waals surface area contributed by atoms with Gasteiger partial charge in [-0.05, 0) is 25.7 Å². The monoisotopic (exact) mass is 281 g/mol. The van der Waals surface area contributed by atoms with Gasteiger partial charge in [0.15, 0.2) is 5.82 Å². The van der Waals surface area contributed by atoms with E-state index in [1.54, 1.807) is 4.90 Å². The van der Waals surface area contributed by atoms with Gasteiger partial charge >= 0.3 is 0 Å². The number of rotatable bonds is 5. The molecule has 0 aromatic carbocycles. The highest BCUT2D eigenvalue weighted by atomic mass is 16.5. The number of amides is 1. The molecule has 1 aromatic rings. The summed E-state index contributed by atoms with van der Waals surface area (Å²) in [4.78, 5) is 18.4. The van der Waals surface area contributed by atoms with Gasteiger partial charge in [0.05, 0.1) is 0 Å². The molecule has 0 spiro atoms. The van der Waals surface area contributed by atoms with Gasteiger partial charge in [-0.2, -0.15) is 4.98 Å². The van der Waals surface area contributed by atoms with Crippen LogP contribution in [-0.4, -0.2) is 41.2 Å². The number of likely N-dealkylation sites (tertiary alicyclic amines) is 1. The first-order valence-electron chi connectivity index (χ1n) is 7.29. The van der Waals surface area contributed by atoms with E-state index in [1.807, 2.05) is 0 Å². The van der Waals surface area contributed by atoms with Crippen molar-refractivity contribution in [2.45, 2.75) is 51.5 Å². The Morgan fingerprint density at radius 3 is 3.05 bits per heavy atom. The van der Waals surface area contributed by atoms with Gasteiger partial charge in [-0.15, -0.1) is 0 Å². The van der Waals surface area contributed by atoms with Crippen molar-refractivity contribution in [1.29, 1.82) is 0 Å². The van der Waals surface area contributed by atoms with Crippen LogP contribution in [0.5, 0.6) is 0 Å². The standard InChI is InChI=1S/C14H23N3O3/c1-4-10(2)13-15-14(20-16-13)11-7-5-6-8-17(11)12(18)9-19-3/h10-11H,4-9H2,1-3H3/t10-,11+/m0/s1. The molecule has 6 heteroatoms. The molecule has 0 radical (unpaired) electrons. The van der Waals surface area contributed by atoms with Crippen LogP contribution in [0.3, 0.4) is 0 Å². The highest BCUT2D eigenvalue weighted by Gasteiger charge is 2.32. The predicted molar refractivity (Wildman–Crippen MR) is 73.2 cm³/mol. The molecular weight excluding hydrogens is 258 g/mol. The van der Waals surface area contributed by atoms with Gasteiger partial charge in [-0.3, -0.25) is 4.79 Å². The van der Waals surface area contributed by atoms with Crippen molar-refractivity contribution < 1.29 is 14.1 Å². The van der Waals surface area contributed by atoms with Crippen LogP contribution in [0.1, 0.15) is 63.2 Å². The summed E-state index contributed by atoms with van der Waals surface area (Å²) in [7, 11) is 1.53. The van der Waals surface area contributed by atoms with Crippen molar-refractivity contribution in [3.8, 4) is 0 Å². The zero-order valence-electron chi connectivity index (χ0n) is 12.5. The molecule has 1 saturated heterocycles. The van der Waals surface area contributed by atoms with E-state index < -0.39 is 0 Å². The summed E-state index contributed by atoms with van der Waals surface area (Å²) < 4.78 is 10.3. The molecule has 2 rings (SSSR count). The third-order valence-electron chi connectivity index (χ3n) is 3.89. The van der Waals surface area contributed by atoms with E-state index in [0.717, 1.165) is 38.1 Å². The Balaban J connectivity index is 2.15. The number of hydrogen-bond donors (Lipinski definition) is 0. The molecule has 1 amide bonds. The van der Waals surface area contributed by atoms with E-state index in [1.165, 1.54) is 7.11 Å². The number of carbonyl (C=O) groups excluding carboxylic acids is 1. The summed E-state index contributed by atoms with van der Waals surface area (Å²) >= 11 is 0. The number of nitrogens with zero attached hydrogens (tertiary/aromatic N) is 3. The van der Waals surface area contributed by atoms with Crippen LogP contribution < -0.4 is 0 Å². The SMILES string of the molecule is CC[C@H](C)c1noc([C@H]2CCCCN2C(=O)COC)n1. The molecule has 112 valence electrons. The number of carbonyl (C=O) groups is 1. The largest absolute Gasteiger partial charge is 0.375 e. The molecule has 1 aromatic heterocycles. The minimum atomic E-state index is -0.100. The Labute approximate surface area is 119 Å². The summed E-state index contributed by atoms with van der Waals surface area (Å²) in [6.07, 6.45) is 3.92. The molecular formula is C14H23N3O3. The molecule has 6 nitrogen and oxygen atoms in total. The maximum Gasteiger partial charge on any atom is 0.249 e. The summed E-state index contributed by atoms with van der Waals surface area (Å²) in [6.45, 7) is 5.00. The first-order valence-corrected chi connectivity index (χ1v) is 7.29. The van der Waals surface area contributed by atoms with E-state index in [4.69, 9.17) is 9.26 Å². The van der Waals surface area contributed by atoms with Crippen LogP contribution >= 0.6 is 0 Å². The smallest absolute Gasteiger partial charge is 0.249 e.